The van der Waals surface area contributed by atoms with Gasteiger partial charge in [-0.05, 0) is 57.0 Å². The van der Waals surface area contributed by atoms with Crippen LogP contribution in [-0.2, 0) is 9.59 Å². The third-order valence-corrected chi connectivity index (χ3v) is 5.42. The van der Waals surface area contributed by atoms with E-state index in [9.17, 15) is 9.59 Å². The third kappa shape index (κ3) is 4.35. The van der Waals surface area contributed by atoms with Gasteiger partial charge in [0.15, 0.2) is 0 Å². The van der Waals surface area contributed by atoms with Crippen LogP contribution in [0, 0.1) is 20.8 Å². The Bertz CT molecular complexity index is 893. The van der Waals surface area contributed by atoms with Crippen molar-refractivity contribution in [1.29, 1.82) is 0 Å². The van der Waals surface area contributed by atoms with E-state index in [1.54, 1.807) is 13.0 Å². The van der Waals surface area contributed by atoms with Crippen LogP contribution in [0.1, 0.15) is 35.9 Å². The molecule has 0 aliphatic carbocycles. The first-order valence-corrected chi connectivity index (χ1v) is 9.85. The van der Waals surface area contributed by atoms with E-state index in [1.165, 1.54) is 5.56 Å². The van der Waals surface area contributed by atoms with Crippen LogP contribution < -0.4 is 0 Å². The van der Waals surface area contributed by atoms with Gasteiger partial charge in [0.25, 0.3) is 0 Å². The topological polar surface area (TPSA) is 45.6 Å². The van der Waals surface area contributed by atoms with E-state index in [2.05, 4.69) is 55.7 Å². The van der Waals surface area contributed by atoms with Crippen molar-refractivity contribution in [3.63, 3.8) is 0 Å². The summed E-state index contributed by atoms with van der Waals surface area (Å²) in [5.74, 6) is 0.0823. The highest BCUT2D eigenvalue weighted by molar-refractivity contribution is 5.92. The second kappa shape index (κ2) is 8.46. The van der Waals surface area contributed by atoms with E-state index >= 15 is 0 Å². The van der Waals surface area contributed by atoms with Crippen LogP contribution in [0.3, 0.4) is 0 Å². The Labute approximate surface area is 167 Å². The van der Waals surface area contributed by atoms with Crippen molar-refractivity contribution < 1.29 is 9.59 Å². The molecule has 1 aromatic heterocycles. The summed E-state index contributed by atoms with van der Waals surface area (Å²) in [7, 11) is 0. The van der Waals surface area contributed by atoms with Crippen LogP contribution in [0.15, 0.2) is 36.4 Å². The smallest absolute Gasteiger partial charge is 0.246 e. The number of carbonyl (C=O) groups excluding carboxylic acids is 2. The van der Waals surface area contributed by atoms with Crippen LogP contribution in [0.5, 0.6) is 0 Å². The molecule has 1 aliphatic heterocycles. The van der Waals surface area contributed by atoms with Crippen molar-refractivity contribution in [2.45, 2.75) is 34.1 Å². The second-order valence-electron chi connectivity index (χ2n) is 7.52. The Morgan fingerprint density at radius 1 is 0.929 bits per heavy atom. The van der Waals surface area contributed by atoms with Crippen LogP contribution in [-0.4, -0.2) is 52.4 Å². The molecule has 5 nitrogen and oxygen atoms in total. The van der Waals surface area contributed by atoms with E-state index in [0.717, 1.165) is 35.6 Å². The van der Waals surface area contributed by atoms with Crippen molar-refractivity contribution in [1.82, 2.24) is 14.4 Å². The number of hydrogen-bond donors (Lipinski definition) is 0. The number of benzene rings is 1. The molecule has 3 rings (SSSR count). The van der Waals surface area contributed by atoms with E-state index in [0.29, 0.717) is 19.6 Å². The van der Waals surface area contributed by atoms with Crippen LogP contribution in [0.2, 0.25) is 0 Å². The Morgan fingerprint density at radius 3 is 2.25 bits per heavy atom. The summed E-state index contributed by atoms with van der Waals surface area (Å²) >= 11 is 0. The van der Waals surface area contributed by atoms with Crippen molar-refractivity contribution in [3.05, 3.63) is 58.9 Å². The minimum atomic E-state index is 0.00513. The number of rotatable bonds is 3. The molecule has 5 heteroatoms. The summed E-state index contributed by atoms with van der Waals surface area (Å²) in [5.41, 5.74) is 5.66. The molecular weight excluding hydrogens is 350 g/mol. The molecule has 2 aromatic rings. The first kappa shape index (κ1) is 19.9. The quantitative estimate of drug-likeness (QED) is 0.767. The molecule has 0 radical (unpaired) electrons. The predicted octanol–water partition coefficient (Wildman–Crippen LogP) is 3.50. The number of nitrogens with zero attached hydrogens (tertiary/aromatic N) is 3. The SMILES string of the molecule is CC(=O)N1CCCN(C(=O)/C=C/c2cc(C)n(-c3ccc(C)cc3)c2C)CC1. The average Bonchev–Trinajstić information content (AvgIpc) is 2.84. The summed E-state index contributed by atoms with van der Waals surface area (Å²) in [6.07, 6.45) is 4.38. The molecule has 2 amide bonds. The van der Waals surface area contributed by atoms with Gasteiger partial charge < -0.3 is 14.4 Å². The van der Waals surface area contributed by atoms with E-state index in [1.807, 2.05) is 15.9 Å². The van der Waals surface area contributed by atoms with Gasteiger partial charge in [-0.15, -0.1) is 0 Å². The van der Waals surface area contributed by atoms with E-state index in [4.69, 9.17) is 0 Å². The fourth-order valence-corrected chi connectivity index (χ4v) is 3.77. The minimum absolute atomic E-state index is 0.00513. The van der Waals surface area contributed by atoms with Crippen molar-refractivity contribution >= 4 is 17.9 Å². The molecule has 0 atom stereocenters. The van der Waals surface area contributed by atoms with Gasteiger partial charge in [0, 0.05) is 56.3 Å². The lowest BCUT2D eigenvalue weighted by Gasteiger charge is -2.20. The van der Waals surface area contributed by atoms with Gasteiger partial charge in [-0.3, -0.25) is 9.59 Å². The molecule has 2 heterocycles. The minimum Gasteiger partial charge on any atom is -0.341 e. The summed E-state index contributed by atoms with van der Waals surface area (Å²) in [4.78, 5) is 27.8. The maximum atomic E-state index is 12.6. The largest absolute Gasteiger partial charge is 0.341 e. The van der Waals surface area contributed by atoms with E-state index < -0.39 is 0 Å². The fraction of sp³-hybridized carbons (Fsp3) is 0.391. The van der Waals surface area contributed by atoms with Gasteiger partial charge in [-0.1, -0.05) is 17.7 Å². The van der Waals surface area contributed by atoms with Crippen molar-refractivity contribution in [2.75, 3.05) is 26.2 Å². The highest BCUT2D eigenvalue weighted by Crippen LogP contribution is 2.22. The zero-order chi connectivity index (χ0) is 20.3. The molecule has 1 aromatic carbocycles. The van der Waals surface area contributed by atoms with Gasteiger partial charge in [0.2, 0.25) is 11.8 Å². The molecule has 0 N–H and O–H groups in total. The summed E-state index contributed by atoms with van der Waals surface area (Å²) < 4.78 is 2.21. The summed E-state index contributed by atoms with van der Waals surface area (Å²) in [5, 5.41) is 0. The molecule has 28 heavy (non-hydrogen) atoms. The van der Waals surface area contributed by atoms with Gasteiger partial charge in [0.05, 0.1) is 0 Å². The first-order chi connectivity index (χ1) is 13.4. The first-order valence-electron chi connectivity index (χ1n) is 9.85. The maximum absolute atomic E-state index is 12.6. The molecule has 148 valence electrons. The Hall–Kier alpha value is -2.82. The van der Waals surface area contributed by atoms with Crippen LogP contribution >= 0.6 is 0 Å². The molecular formula is C23H29N3O2. The van der Waals surface area contributed by atoms with Gasteiger partial charge in [-0.25, -0.2) is 0 Å². The zero-order valence-electron chi connectivity index (χ0n) is 17.2. The van der Waals surface area contributed by atoms with Crippen molar-refractivity contribution in [2.24, 2.45) is 0 Å². The number of carbonyl (C=O) groups is 2. The Kier molecular flexibility index (Phi) is 6.02. The lowest BCUT2D eigenvalue weighted by molar-refractivity contribution is -0.130. The van der Waals surface area contributed by atoms with E-state index in [-0.39, 0.29) is 11.8 Å². The number of amides is 2. The molecule has 0 spiro atoms. The summed E-state index contributed by atoms with van der Waals surface area (Å²) in [6, 6.07) is 10.6. The maximum Gasteiger partial charge on any atom is 0.246 e. The lowest BCUT2D eigenvalue weighted by Crippen LogP contribution is -2.35. The fourth-order valence-electron chi connectivity index (χ4n) is 3.77. The molecule has 1 aliphatic rings. The Morgan fingerprint density at radius 2 is 1.57 bits per heavy atom. The monoisotopic (exact) mass is 379 g/mol. The summed E-state index contributed by atoms with van der Waals surface area (Å²) in [6.45, 7) is 10.4. The van der Waals surface area contributed by atoms with Crippen LogP contribution in [0.4, 0.5) is 0 Å². The normalized spacial score (nSPS) is 15.1. The average molecular weight is 380 g/mol. The Balaban J connectivity index is 1.74. The van der Waals surface area contributed by atoms with Gasteiger partial charge >= 0.3 is 0 Å². The predicted molar refractivity (Wildman–Crippen MR) is 112 cm³/mol. The lowest BCUT2D eigenvalue weighted by atomic mass is 10.2. The van der Waals surface area contributed by atoms with Gasteiger partial charge in [-0.2, -0.15) is 0 Å². The molecule has 1 saturated heterocycles. The zero-order valence-corrected chi connectivity index (χ0v) is 17.2. The molecule has 0 unspecified atom stereocenters. The number of hydrogen-bond acceptors (Lipinski definition) is 2. The van der Waals surface area contributed by atoms with Crippen LogP contribution in [0.25, 0.3) is 11.8 Å². The standard InChI is InChI=1S/C23H29N3O2/c1-17-6-9-22(10-7-17)26-18(2)16-21(19(26)3)8-11-23(28)25-13-5-12-24(14-15-25)20(4)27/h6-11,16H,5,12-15H2,1-4H3/b11-8+. The third-order valence-electron chi connectivity index (χ3n) is 5.42. The molecule has 0 saturated carbocycles. The van der Waals surface area contributed by atoms with Crippen molar-refractivity contribution in [3.8, 4) is 5.69 Å². The number of aryl methyl sites for hydroxylation is 2. The number of aromatic nitrogens is 1. The molecule has 0 bridgehead atoms. The highest BCUT2D eigenvalue weighted by Gasteiger charge is 2.19. The molecule has 1 fully saturated rings. The second-order valence-corrected chi connectivity index (χ2v) is 7.52. The highest BCUT2D eigenvalue weighted by atomic mass is 16.2. The van der Waals surface area contributed by atoms with Gasteiger partial charge in [0.1, 0.15) is 0 Å².